The Morgan fingerprint density at radius 3 is 2.69 bits per heavy atom. The second kappa shape index (κ2) is 4.39. The van der Waals surface area contributed by atoms with E-state index < -0.39 is 0 Å². The van der Waals surface area contributed by atoms with Gasteiger partial charge in [-0.05, 0) is 24.1 Å². The maximum atomic E-state index is 6.18. The minimum Gasteiger partial charge on any atom is -0.320 e. The van der Waals surface area contributed by atoms with Crippen LogP contribution >= 0.6 is 15.9 Å². The highest BCUT2D eigenvalue weighted by molar-refractivity contribution is 9.10. The van der Waals surface area contributed by atoms with Crippen LogP contribution in [-0.4, -0.2) is 9.78 Å². The monoisotopic (exact) mass is 279 g/mol. The molecule has 1 aromatic heterocycles. The van der Waals surface area contributed by atoms with E-state index in [-0.39, 0.29) is 6.04 Å². The molecule has 0 saturated carbocycles. The highest BCUT2D eigenvalue weighted by atomic mass is 79.9. The van der Waals surface area contributed by atoms with Crippen LogP contribution in [0.3, 0.4) is 0 Å². The first-order valence-electron chi connectivity index (χ1n) is 5.08. The van der Waals surface area contributed by atoms with Crippen LogP contribution in [0.2, 0.25) is 0 Å². The third-order valence-electron chi connectivity index (χ3n) is 2.63. The van der Waals surface area contributed by atoms with Crippen LogP contribution in [0.1, 0.15) is 22.7 Å². The third kappa shape index (κ3) is 2.18. The predicted molar refractivity (Wildman–Crippen MR) is 68.1 cm³/mol. The zero-order valence-corrected chi connectivity index (χ0v) is 10.9. The lowest BCUT2D eigenvalue weighted by atomic mass is 10.0. The van der Waals surface area contributed by atoms with Crippen molar-refractivity contribution < 1.29 is 0 Å². The largest absolute Gasteiger partial charge is 0.320 e. The van der Waals surface area contributed by atoms with Gasteiger partial charge in [0.1, 0.15) is 0 Å². The van der Waals surface area contributed by atoms with Gasteiger partial charge < -0.3 is 5.73 Å². The van der Waals surface area contributed by atoms with E-state index in [1.54, 1.807) is 4.68 Å². The number of nitrogens with zero attached hydrogens (tertiary/aromatic N) is 2. The Morgan fingerprint density at radius 2 is 2.12 bits per heavy atom. The standard InChI is InChI=1S/C12H14BrN3/c1-8-5-9(3-4-11(8)13)12(14)10-6-15-16(2)7-10/h3-7,12H,14H2,1-2H3. The van der Waals surface area contributed by atoms with Crippen molar-refractivity contribution in [3.8, 4) is 0 Å². The van der Waals surface area contributed by atoms with Crippen LogP contribution in [-0.2, 0) is 7.05 Å². The number of rotatable bonds is 2. The summed E-state index contributed by atoms with van der Waals surface area (Å²) >= 11 is 3.48. The molecule has 1 unspecified atom stereocenters. The average molecular weight is 280 g/mol. The Bertz CT molecular complexity index is 505. The van der Waals surface area contributed by atoms with E-state index in [4.69, 9.17) is 5.73 Å². The summed E-state index contributed by atoms with van der Waals surface area (Å²) in [5, 5.41) is 4.13. The molecule has 4 heteroatoms. The fourth-order valence-electron chi connectivity index (χ4n) is 1.65. The molecule has 0 aliphatic heterocycles. The lowest BCUT2D eigenvalue weighted by molar-refractivity contribution is 0.765. The second-order valence-electron chi connectivity index (χ2n) is 3.93. The van der Waals surface area contributed by atoms with E-state index in [1.165, 1.54) is 5.56 Å². The van der Waals surface area contributed by atoms with Crippen LogP contribution in [0, 0.1) is 6.92 Å². The van der Waals surface area contributed by atoms with Crippen molar-refractivity contribution in [2.24, 2.45) is 12.8 Å². The Labute approximate surface area is 103 Å². The third-order valence-corrected chi connectivity index (χ3v) is 3.51. The molecule has 0 aliphatic rings. The molecule has 0 aliphatic carbocycles. The Balaban J connectivity index is 2.33. The fourth-order valence-corrected chi connectivity index (χ4v) is 1.90. The van der Waals surface area contributed by atoms with Gasteiger partial charge in [0, 0.05) is 23.3 Å². The molecule has 0 fully saturated rings. The van der Waals surface area contributed by atoms with Crippen molar-refractivity contribution in [1.82, 2.24) is 9.78 Å². The summed E-state index contributed by atoms with van der Waals surface area (Å²) < 4.78 is 2.87. The number of hydrogen-bond donors (Lipinski definition) is 1. The summed E-state index contributed by atoms with van der Waals surface area (Å²) in [6.07, 6.45) is 3.75. The minimum absolute atomic E-state index is 0.111. The summed E-state index contributed by atoms with van der Waals surface area (Å²) in [5.41, 5.74) is 9.51. The molecule has 0 saturated heterocycles. The fraction of sp³-hybridized carbons (Fsp3) is 0.250. The molecular formula is C12H14BrN3. The van der Waals surface area contributed by atoms with E-state index >= 15 is 0 Å². The molecule has 2 N–H and O–H groups in total. The number of aryl methyl sites for hydroxylation is 2. The van der Waals surface area contributed by atoms with Crippen molar-refractivity contribution in [2.75, 3.05) is 0 Å². The van der Waals surface area contributed by atoms with Gasteiger partial charge in [-0.2, -0.15) is 5.10 Å². The van der Waals surface area contributed by atoms with Crippen LogP contribution in [0.4, 0.5) is 0 Å². The summed E-state index contributed by atoms with van der Waals surface area (Å²) in [6.45, 7) is 2.06. The van der Waals surface area contributed by atoms with Gasteiger partial charge in [-0.15, -0.1) is 0 Å². The van der Waals surface area contributed by atoms with Crippen molar-refractivity contribution in [1.29, 1.82) is 0 Å². The summed E-state index contributed by atoms with van der Waals surface area (Å²) in [5.74, 6) is 0. The molecule has 3 nitrogen and oxygen atoms in total. The Kier molecular flexibility index (Phi) is 3.12. The molecule has 1 heterocycles. The molecule has 84 valence electrons. The van der Waals surface area contributed by atoms with E-state index in [1.807, 2.05) is 31.6 Å². The maximum Gasteiger partial charge on any atom is 0.0582 e. The summed E-state index contributed by atoms with van der Waals surface area (Å²) in [4.78, 5) is 0. The van der Waals surface area contributed by atoms with Crippen LogP contribution < -0.4 is 5.73 Å². The van der Waals surface area contributed by atoms with E-state index in [2.05, 4.69) is 34.0 Å². The normalized spacial score (nSPS) is 12.8. The molecule has 0 amide bonds. The number of nitrogens with two attached hydrogens (primary N) is 1. The number of halogens is 1. The van der Waals surface area contributed by atoms with Crippen LogP contribution in [0.5, 0.6) is 0 Å². The number of hydrogen-bond acceptors (Lipinski definition) is 2. The minimum atomic E-state index is -0.111. The van der Waals surface area contributed by atoms with Crippen LogP contribution in [0.15, 0.2) is 35.1 Å². The number of benzene rings is 1. The highest BCUT2D eigenvalue weighted by Crippen LogP contribution is 2.23. The average Bonchev–Trinajstić information content (AvgIpc) is 2.68. The van der Waals surface area contributed by atoms with Gasteiger partial charge in [0.15, 0.2) is 0 Å². The summed E-state index contributed by atoms with van der Waals surface area (Å²) in [7, 11) is 1.89. The first kappa shape index (κ1) is 11.4. The van der Waals surface area contributed by atoms with Crippen molar-refractivity contribution >= 4 is 15.9 Å². The van der Waals surface area contributed by atoms with E-state index in [9.17, 15) is 0 Å². The molecule has 1 aromatic carbocycles. The lowest BCUT2D eigenvalue weighted by Gasteiger charge is -2.11. The molecular weight excluding hydrogens is 266 g/mol. The molecule has 2 rings (SSSR count). The van der Waals surface area contributed by atoms with Gasteiger partial charge >= 0.3 is 0 Å². The van der Waals surface area contributed by atoms with Gasteiger partial charge in [-0.25, -0.2) is 0 Å². The summed E-state index contributed by atoms with van der Waals surface area (Å²) in [6, 6.07) is 6.05. The highest BCUT2D eigenvalue weighted by Gasteiger charge is 2.11. The van der Waals surface area contributed by atoms with Gasteiger partial charge in [0.25, 0.3) is 0 Å². The van der Waals surface area contributed by atoms with Crippen molar-refractivity contribution in [3.05, 3.63) is 51.8 Å². The quantitative estimate of drug-likeness (QED) is 0.918. The lowest BCUT2D eigenvalue weighted by Crippen LogP contribution is -2.11. The molecule has 0 radical (unpaired) electrons. The van der Waals surface area contributed by atoms with Gasteiger partial charge in [-0.1, -0.05) is 28.1 Å². The molecule has 0 bridgehead atoms. The van der Waals surface area contributed by atoms with Crippen molar-refractivity contribution in [3.63, 3.8) is 0 Å². The molecule has 2 aromatic rings. The predicted octanol–water partition coefficient (Wildman–Crippen LogP) is 2.54. The van der Waals surface area contributed by atoms with Gasteiger partial charge in [-0.3, -0.25) is 4.68 Å². The smallest absolute Gasteiger partial charge is 0.0582 e. The van der Waals surface area contributed by atoms with Crippen LogP contribution in [0.25, 0.3) is 0 Å². The SMILES string of the molecule is Cc1cc(C(N)c2cnn(C)c2)ccc1Br. The second-order valence-corrected chi connectivity index (χ2v) is 4.79. The molecule has 1 atom stereocenters. The van der Waals surface area contributed by atoms with E-state index in [0.29, 0.717) is 0 Å². The Hall–Kier alpha value is -1.13. The molecule has 0 spiro atoms. The first-order chi connectivity index (χ1) is 7.58. The zero-order valence-electron chi connectivity index (χ0n) is 9.31. The Morgan fingerprint density at radius 1 is 1.38 bits per heavy atom. The van der Waals surface area contributed by atoms with Crippen molar-refractivity contribution in [2.45, 2.75) is 13.0 Å². The van der Waals surface area contributed by atoms with Gasteiger partial charge in [0.2, 0.25) is 0 Å². The topological polar surface area (TPSA) is 43.8 Å². The van der Waals surface area contributed by atoms with Gasteiger partial charge in [0.05, 0.1) is 12.2 Å². The molecule has 16 heavy (non-hydrogen) atoms. The maximum absolute atomic E-state index is 6.18. The van der Waals surface area contributed by atoms with E-state index in [0.717, 1.165) is 15.6 Å². The first-order valence-corrected chi connectivity index (χ1v) is 5.87. The zero-order chi connectivity index (χ0) is 11.7. The number of aromatic nitrogens is 2.